The summed E-state index contributed by atoms with van der Waals surface area (Å²) in [4.78, 5) is 66.0. The van der Waals surface area contributed by atoms with Crippen LogP contribution in [0.4, 0.5) is 4.79 Å². The van der Waals surface area contributed by atoms with Crippen LogP contribution in [0.15, 0.2) is 46.6 Å². The Morgan fingerprint density at radius 3 is 2.24 bits per heavy atom. The largest absolute Gasteiger partial charge is 0.508 e. The van der Waals surface area contributed by atoms with E-state index in [-0.39, 0.29) is 58.4 Å². The number of rotatable bonds is 3. The molecule has 1 aromatic carbocycles. The molecule has 1 N–H and O–H groups in total. The van der Waals surface area contributed by atoms with Crippen molar-refractivity contribution in [2.24, 2.45) is 17.8 Å². The number of allylic oxidation sites excluding steroid dienone is 6. The molecule has 0 saturated carbocycles. The molecule has 37 heavy (non-hydrogen) atoms. The first-order chi connectivity index (χ1) is 17.6. The number of phenolic OH excluding ortho intramolecular Hbond substituents is 1. The van der Waals surface area contributed by atoms with Crippen LogP contribution in [0.1, 0.15) is 31.2 Å². The van der Waals surface area contributed by atoms with Crippen molar-refractivity contribution in [3.8, 4) is 17.2 Å². The van der Waals surface area contributed by atoms with Crippen LogP contribution in [0.3, 0.4) is 0 Å². The first-order valence-corrected chi connectivity index (χ1v) is 11.7. The van der Waals surface area contributed by atoms with E-state index in [0.29, 0.717) is 16.0 Å². The number of carbonyl (C=O) groups is 5. The Kier molecular flexibility index (Phi) is 5.77. The van der Waals surface area contributed by atoms with Gasteiger partial charge in [0.1, 0.15) is 17.2 Å². The van der Waals surface area contributed by atoms with Gasteiger partial charge < -0.3 is 19.3 Å². The molecule has 1 fully saturated rings. The zero-order chi connectivity index (χ0) is 26.8. The molecule has 1 aromatic rings. The van der Waals surface area contributed by atoms with Crippen molar-refractivity contribution in [2.45, 2.75) is 25.7 Å². The summed E-state index contributed by atoms with van der Waals surface area (Å²) >= 11 is 0. The van der Waals surface area contributed by atoms with Crippen molar-refractivity contribution >= 4 is 29.5 Å². The van der Waals surface area contributed by atoms with E-state index in [9.17, 15) is 29.1 Å². The second-order valence-corrected chi connectivity index (χ2v) is 9.47. The van der Waals surface area contributed by atoms with Gasteiger partial charge >= 0.3 is 6.09 Å². The monoisotopic (exact) mass is 507 g/mol. The van der Waals surface area contributed by atoms with Crippen molar-refractivity contribution in [3.05, 3.63) is 52.1 Å². The van der Waals surface area contributed by atoms with Gasteiger partial charge in [0, 0.05) is 40.3 Å². The summed E-state index contributed by atoms with van der Waals surface area (Å²) in [6.07, 6.45) is 2.27. The number of phenols is 1. The lowest BCUT2D eigenvalue weighted by Crippen LogP contribution is -2.40. The van der Waals surface area contributed by atoms with Gasteiger partial charge in [-0.1, -0.05) is 11.6 Å². The molecule has 1 aliphatic heterocycles. The predicted octanol–water partition coefficient (Wildman–Crippen LogP) is 2.61. The third-order valence-electron chi connectivity index (χ3n) is 7.74. The number of ketones is 2. The van der Waals surface area contributed by atoms with Crippen LogP contribution in [-0.2, 0) is 23.9 Å². The number of nitrogens with zero attached hydrogens (tertiary/aromatic N) is 1. The van der Waals surface area contributed by atoms with E-state index < -0.39 is 41.6 Å². The van der Waals surface area contributed by atoms with Crippen LogP contribution in [-0.4, -0.2) is 60.8 Å². The molecule has 1 saturated heterocycles. The van der Waals surface area contributed by atoms with Crippen LogP contribution in [0.25, 0.3) is 0 Å². The van der Waals surface area contributed by atoms with Crippen molar-refractivity contribution in [2.75, 3.05) is 21.3 Å². The predicted molar refractivity (Wildman–Crippen MR) is 127 cm³/mol. The molecule has 10 heteroatoms. The Bertz CT molecular complexity index is 1360. The number of ether oxygens (including phenoxy) is 3. The van der Waals surface area contributed by atoms with Crippen LogP contribution in [0.2, 0.25) is 0 Å². The molecule has 5 rings (SSSR count). The van der Waals surface area contributed by atoms with Crippen molar-refractivity contribution in [3.63, 3.8) is 0 Å². The third-order valence-corrected chi connectivity index (χ3v) is 7.74. The van der Waals surface area contributed by atoms with E-state index in [2.05, 4.69) is 4.74 Å². The number of likely N-dealkylation sites (tertiary alicyclic amines) is 1. The number of benzene rings is 1. The number of carbonyl (C=O) groups excluding carboxylic acids is 5. The lowest BCUT2D eigenvalue weighted by atomic mass is 9.59. The number of hydrogen-bond acceptors (Lipinski definition) is 9. The third kappa shape index (κ3) is 3.42. The average Bonchev–Trinajstić information content (AvgIpc) is 3.14. The number of aromatic hydroxyl groups is 1. The fourth-order valence-corrected chi connectivity index (χ4v) is 6.19. The van der Waals surface area contributed by atoms with Gasteiger partial charge in [-0.05, 0) is 31.8 Å². The second kappa shape index (κ2) is 8.72. The Hall–Kier alpha value is -4.21. The lowest BCUT2D eigenvalue weighted by molar-refractivity contribution is -0.137. The van der Waals surface area contributed by atoms with E-state index in [1.165, 1.54) is 32.4 Å². The van der Waals surface area contributed by atoms with Crippen LogP contribution < -0.4 is 9.47 Å². The summed E-state index contributed by atoms with van der Waals surface area (Å²) in [5.74, 6) is -4.84. The molecule has 0 unspecified atom stereocenters. The van der Waals surface area contributed by atoms with Crippen molar-refractivity contribution in [1.29, 1.82) is 0 Å². The summed E-state index contributed by atoms with van der Waals surface area (Å²) in [5.41, 5.74) is 1.86. The zero-order valence-corrected chi connectivity index (χ0v) is 20.7. The van der Waals surface area contributed by atoms with Crippen molar-refractivity contribution < 1.29 is 43.3 Å². The molecule has 3 amide bonds. The molecular formula is C27H25NO9. The average molecular weight is 507 g/mol. The van der Waals surface area contributed by atoms with E-state index in [4.69, 9.17) is 9.47 Å². The minimum absolute atomic E-state index is 0.0608. The Morgan fingerprint density at radius 2 is 1.65 bits per heavy atom. The Balaban J connectivity index is 1.75. The second-order valence-electron chi connectivity index (χ2n) is 9.47. The lowest BCUT2D eigenvalue weighted by Gasteiger charge is -2.42. The molecule has 0 bridgehead atoms. The maximum absolute atomic E-state index is 13.4. The summed E-state index contributed by atoms with van der Waals surface area (Å²) in [6, 6.07) is 2.76. The first-order valence-electron chi connectivity index (χ1n) is 11.7. The number of methoxy groups -OCH3 is 3. The molecule has 4 aliphatic rings. The molecule has 0 spiro atoms. The van der Waals surface area contributed by atoms with Gasteiger partial charge in [-0.3, -0.25) is 19.2 Å². The molecule has 192 valence electrons. The number of amides is 3. The SMILES string of the molecule is COC(=O)N1C(=O)[C@H]2[C@H](CC=C3[C@H](c4c(OC)cc(O)cc4OC)C4=C(C[C@H]32)C(=O)C(C)=CC4=O)C1=O. The van der Waals surface area contributed by atoms with Gasteiger partial charge in [-0.2, -0.15) is 4.90 Å². The summed E-state index contributed by atoms with van der Waals surface area (Å²) < 4.78 is 15.8. The number of Topliss-reactive ketones (excluding diaryl/α,β-unsaturated/α-hetero) is 1. The van der Waals surface area contributed by atoms with Crippen LogP contribution in [0, 0.1) is 17.8 Å². The molecular weight excluding hydrogens is 482 g/mol. The topological polar surface area (TPSA) is 137 Å². The molecule has 0 radical (unpaired) electrons. The summed E-state index contributed by atoms with van der Waals surface area (Å²) in [5, 5.41) is 10.2. The maximum Gasteiger partial charge on any atom is 0.423 e. The van der Waals surface area contributed by atoms with E-state index >= 15 is 0 Å². The van der Waals surface area contributed by atoms with Gasteiger partial charge in [0.25, 0.3) is 0 Å². The van der Waals surface area contributed by atoms with E-state index in [1.807, 2.05) is 0 Å². The Morgan fingerprint density at radius 1 is 1.00 bits per heavy atom. The number of imide groups is 3. The van der Waals surface area contributed by atoms with Crippen LogP contribution >= 0.6 is 0 Å². The summed E-state index contributed by atoms with van der Waals surface area (Å²) in [7, 11) is 3.90. The molecule has 4 atom stereocenters. The number of fused-ring (bicyclic) bond motifs is 3. The highest BCUT2D eigenvalue weighted by Crippen LogP contribution is 2.57. The van der Waals surface area contributed by atoms with Gasteiger partial charge in [0.15, 0.2) is 11.6 Å². The molecule has 0 aromatic heterocycles. The molecule has 10 nitrogen and oxygen atoms in total. The normalized spacial score (nSPS) is 26.8. The quantitative estimate of drug-likeness (QED) is 0.372. The zero-order valence-electron chi connectivity index (χ0n) is 20.7. The van der Waals surface area contributed by atoms with E-state index in [1.54, 1.807) is 13.0 Å². The highest BCUT2D eigenvalue weighted by atomic mass is 16.5. The minimum Gasteiger partial charge on any atom is -0.508 e. The number of hydrogen-bond donors (Lipinski definition) is 1. The van der Waals surface area contributed by atoms with Gasteiger partial charge in [0.05, 0.1) is 33.2 Å². The van der Waals surface area contributed by atoms with E-state index in [0.717, 1.165) is 7.11 Å². The van der Waals surface area contributed by atoms with Gasteiger partial charge in [0.2, 0.25) is 11.8 Å². The summed E-state index contributed by atoms with van der Waals surface area (Å²) in [6.45, 7) is 1.55. The highest BCUT2D eigenvalue weighted by molar-refractivity contribution is 6.24. The standard InChI is InChI=1S/C27H25NO9/c1-11-7-17(30)21-16(24(11)31)10-15-13(22(21)23-18(35-2)8-12(29)9-19(23)36-3)5-6-14-20(15)26(33)28(25(14)32)27(34)37-4/h5,7-9,14-15,20,22,29H,6,10H2,1-4H3/t14-,15+,20-,22-/m0/s1. The minimum atomic E-state index is -1.05. The molecule has 3 aliphatic carbocycles. The fourth-order valence-electron chi connectivity index (χ4n) is 6.19. The smallest absolute Gasteiger partial charge is 0.423 e. The Labute approximate surface area is 212 Å². The maximum atomic E-state index is 13.4. The van der Waals surface area contributed by atoms with Gasteiger partial charge in [-0.25, -0.2) is 4.79 Å². The van der Waals surface area contributed by atoms with Gasteiger partial charge in [-0.15, -0.1) is 0 Å². The van der Waals surface area contributed by atoms with Crippen LogP contribution in [0.5, 0.6) is 17.2 Å². The fraction of sp³-hybridized carbons (Fsp3) is 0.370. The molecule has 1 heterocycles. The van der Waals surface area contributed by atoms with Crippen molar-refractivity contribution in [1.82, 2.24) is 4.90 Å². The first kappa shape index (κ1) is 24.5. The highest BCUT2D eigenvalue weighted by Gasteiger charge is 2.58.